The summed E-state index contributed by atoms with van der Waals surface area (Å²) in [7, 11) is 0. The number of nitrogens with one attached hydrogen (secondary N) is 1. The van der Waals surface area contributed by atoms with Gasteiger partial charge in [0, 0.05) is 26.2 Å². The van der Waals surface area contributed by atoms with Gasteiger partial charge in [-0.15, -0.1) is 0 Å². The smallest absolute Gasteiger partial charge is 0.257 e. The Morgan fingerprint density at radius 1 is 0.848 bits per heavy atom. The molecule has 1 fully saturated rings. The van der Waals surface area contributed by atoms with Gasteiger partial charge in [-0.05, 0) is 42.5 Å². The Bertz CT molecular complexity index is 1220. The number of halogens is 2. The molecule has 0 aromatic heterocycles. The number of para-hydroxylation sites is 3. The zero-order valence-electron chi connectivity index (χ0n) is 17.8. The molecular formula is C25H22F2N4O2. The quantitative estimate of drug-likeness (QED) is 0.658. The fourth-order valence-corrected chi connectivity index (χ4v) is 4.36. The molecule has 6 nitrogen and oxygen atoms in total. The van der Waals surface area contributed by atoms with Crippen LogP contribution in [0.15, 0.2) is 66.7 Å². The number of rotatable bonds is 3. The van der Waals surface area contributed by atoms with Crippen molar-refractivity contribution in [3.05, 3.63) is 83.9 Å². The van der Waals surface area contributed by atoms with Crippen LogP contribution in [0.4, 0.5) is 31.5 Å². The van der Waals surface area contributed by atoms with E-state index in [1.54, 1.807) is 42.5 Å². The highest BCUT2D eigenvalue weighted by Gasteiger charge is 2.31. The van der Waals surface area contributed by atoms with E-state index in [0.29, 0.717) is 48.9 Å². The number of anilines is 4. The lowest BCUT2D eigenvalue weighted by Crippen LogP contribution is -2.50. The fraction of sp³-hybridized carbons (Fsp3) is 0.200. The zero-order chi connectivity index (χ0) is 22.9. The molecular weight excluding hydrogens is 426 g/mol. The number of nitrogens with zero attached hydrogens (tertiary/aromatic N) is 3. The van der Waals surface area contributed by atoms with Gasteiger partial charge in [0.15, 0.2) is 0 Å². The van der Waals surface area contributed by atoms with Gasteiger partial charge in [-0.2, -0.15) is 0 Å². The van der Waals surface area contributed by atoms with Gasteiger partial charge < -0.3 is 10.2 Å². The number of fused-ring (bicyclic) bond motifs is 2. The van der Waals surface area contributed by atoms with E-state index in [1.807, 2.05) is 9.80 Å². The first kappa shape index (κ1) is 21.1. The van der Waals surface area contributed by atoms with Crippen LogP contribution in [0.5, 0.6) is 0 Å². The monoisotopic (exact) mass is 448 g/mol. The molecule has 0 spiro atoms. The standard InChI is InChI=1S/C25H22F2N4O2/c26-17-9-10-21-18(15-17)25(33)28-20-6-2-4-8-23(20)31(21)24(32)16-29-11-13-30(14-12-29)22-7-3-1-5-19(22)27/h1-10,15H,11-14,16H2,(H,28,33). The molecule has 3 aromatic rings. The van der Waals surface area contributed by atoms with E-state index in [1.165, 1.54) is 23.1 Å². The molecule has 2 amide bonds. The summed E-state index contributed by atoms with van der Waals surface area (Å²) in [6.07, 6.45) is 0. The average molecular weight is 448 g/mol. The van der Waals surface area contributed by atoms with Crippen LogP contribution in [0.25, 0.3) is 0 Å². The van der Waals surface area contributed by atoms with E-state index in [9.17, 15) is 18.4 Å². The summed E-state index contributed by atoms with van der Waals surface area (Å²) < 4.78 is 28.0. The Hall–Kier alpha value is -3.78. The van der Waals surface area contributed by atoms with Crippen molar-refractivity contribution < 1.29 is 18.4 Å². The Morgan fingerprint density at radius 3 is 2.30 bits per heavy atom. The second kappa shape index (κ2) is 8.63. The van der Waals surface area contributed by atoms with Crippen LogP contribution in [-0.4, -0.2) is 49.4 Å². The second-order valence-corrected chi connectivity index (χ2v) is 8.08. The van der Waals surface area contributed by atoms with E-state index in [4.69, 9.17) is 0 Å². The maximum absolute atomic E-state index is 14.1. The van der Waals surface area contributed by atoms with Crippen LogP contribution in [0.2, 0.25) is 0 Å². The third-order valence-corrected chi connectivity index (χ3v) is 6.01. The number of carbonyl (C=O) groups excluding carboxylic acids is 2. The number of amides is 2. The van der Waals surface area contributed by atoms with Crippen LogP contribution in [0.3, 0.4) is 0 Å². The van der Waals surface area contributed by atoms with E-state index < -0.39 is 11.7 Å². The van der Waals surface area contributed by atoms with Crippen molar-refractivity contribution >= 4 is 34.6 Å². The number of carbonyl (C=O) groups is 2. The molecule has 8 heteroatoms. The Kier molecular flexibility index (Phi) is 5.51. The van der Waals surface area contributed by atoms with Crippen LogP contribution in [-0.2, 0) is 4.79 Å². The Labute approximate surface area is 190 Å². The highest BCUT2D eigenvalue weighted by Crippen LogP contribution is 2.38. The number of hydrogen-bond donors (Lipinski definition) is 1. The lowest BCUT2D eigenvalue weighted by atomic mass is 10.1. The summed E-state index contributed by atoms with van der Waals surface area (Å²) in [6.45, 7) is 2.47. The largest absolute Gasteiger partial charge is 0.367 e. The normalized spacial score (nSPS) is 16.0. The maximum atomic E-state index is 14.1. The van der Waals surface area contributed by atoms with Crippen LogP contribution >= 0.6 is 0 Å². The highest BCUT2D eigenvalue weighted by molar-refractivity contribution is 6.17. The van der Waals surface area contributed by atoms with Crippen molar-refractivity contribution in [2.45, 2.75) is 0 Å². The first-order valence-corrected chi connectivity index (χ1v) is 10.8. The average Bonchev–Trinajstić information content (AvgIpc) is 2.94. The van der Waals surface area contributed by atoms with E-state index in [2.05, 4.69) is 5.32 Å². The third kappa shape index (κ3) is 4.05. The van der Waals surface area contributed by atoms with Gasteiger partial charge in [-0.25, -0.2) is 8.78 Å². The van der Waals surface area contributed by atoms with E-state index in [0.717, 1.165) is 6.07 Å². The molecule has 1 saturated heterocycles. The molecule has 0 saturated carbocycles. The summed E-state index contributed by atoms with van der Waals surface area (Å²) in [4.78, 5) is 31.7. The number of piperazine rings is 1. The summed E-state index contributed by atoms with van der Waals surface area (Å²) >= 11 is 0. The van der Waals surface area contributed by atoms with Crippen LogP contribution in [0, 0.1) is 11.6 Å². The minimum Gasteiger partial charge on any atom is -0.367 e. The summed E-state index contributed by atoms with van der Waals surface area (Å²) in [5, 5.41) is 2.77. The lowest BCUT2D eigenvalue weighted by Gasteiger charge is -2.36. The van der Waals surface area contributed by atoms with Crippen molar-refractivity contribution in [1.29, 1.82) is 0 Å². The Balaban J connectivity index is 1.38. The molecule has 0 aliphatic carbocycles. The third-order valence-electron chi connectivity index (χ3n) is 6.01. The van der Waals surface area contributed by atoms with Crippen LogP contribution in [0.1, 0.15) is 10.4 Å². The Morgan fingerprint density at radius 2 is 1.55 bits per heavy atom. The zero-order valence-corrected chi connectivity index (χ0v) is 17.8. The molecule has 2 aliphatic rings. The fourth-order valence-electron chi connectivity index (χ4n) is 4.36. The summed E-state index contributed by atoms with van der Waals surface area (Å²) in [6, 6.07) is 17.5. The van der Waals surface area contributed by atoms with Crippen molar-refractivity contribution in [1.82, 2.24) is 4.90 Å². The topological polar surface area (TPSA) is 55.9 Å². The van der Waals surface area contributed by atoms with Gasteiger partial charge >= 0.3 is 0 Å². The van der Waals surface area contributed by atoms with E-state index in [-0.39, 0.29) is 23.8 Å². The highest BCUT2D eigenvalue weighted by atomic mass is 19.1. The predicted octanol–water partition coefficient (Wildman–Crippen LogP) is 4.02. The van der Waals surface area contributed by atoms with Gasteiger partial charge in [0.1, 0.15) is 11.6 Å². The molecule has 0 unspecified atom stereocenters. The van der Waals surface area contributed by atoms with Gasteiger partial charge in [0.25, 0.3) is 5.91 Å². The molecule has 0 bridgehead atoms. The predicted molar refractivity (Wildman–Crippen MR) is 123 cm³/mol. The van der Waals surface area contributed by atoms with Crippen molar-refractivity contribution in [2.75, 3.05) is 47.8 Å². The van der Waals surface area contributed by atoms with Gasteiger partial charge in [0.2, 0.25) is 5.91 Å². The molecule has 5 rings (SSSR count). The SMILES string of the molecule is O=C1Nc2ccccc2N(C(=O)CN2CCN(c3ccccc3F)CC2)c2ccc(F)cc21. The molecule has 168 valence electrons. The second-order valence-electron chi connectivity index (χ2n) is 8.08. The minimum atomic E-state index is -0.550. The van der Waals surface area contributed by atoms with E-state index >= 15 is 0 Å². The van der Waals surface area contributed by atoms with Gasteiger partial charge in [0.05, 0.1) is 34.9 Å². The number of benzene rings is 3. The van der Waals surface area contributed by atoms with Gasteiger partial charge in [-0.3, -0.25) is 19.4 Å². The molecule has 0 radical (unpaired) electrons. The van der Waals surface area contributed by atoms with Crippen molar-refractivity contribution in [2.24, 2.45) is 0 Å². The lowest BCUT2D eigenvalue weighted by molar-refractivity contribution is -0.119. The molecule has 2 aliphatic heterocycles. The minimum absolute atomic E-state index is 0.101. The molecule has 33 heavy (non-hydrogen) atoms. The molecule has 0 atom stereocenters. The first-order chi connectivity index (χ1) is 16.0. The summed E-state index contributed by atoms with van der Waals surface area (Å²) in [5.74, 6) is -1.51. The molecule has 1 N–H and O–H groups in total. The summed E-state index contributed by atoms with van der Waals surface area (Å²) in [5.41, 5.74) is 2.02. The van der Waals surface area contributed by atoms with Gasteiger partial charge in [-0.1, -0.05) is 24.3 Å². The molecule has 2 heterocycles. The van der Waals surface area contributed by atoms with Crippen LogP contribution < -0.4 is 15.1 Å². The van der Waals surface area contributed by atoms with Crippen molar-refractivity contribution in [3.63, 3.8) is 0 Å². The maximum Gasteiger partial charge on any atom is 0.257 e. The first-order valence-electron chi connectivity index (χ1n) is 10.8. The number of hydrogen-bond acceptors (Lipinski definition) is 4. The molecule has 3 aromatic carbocycles. The van der Waals surface area contributed by atoms with Crippen molar-refractivity contribution in [3.8, 4) is 0 Å².